The molecular formula is C13H15N3O2. The number of hydrogen-bond acceptors (Lipinski definition) is 4. The van der Waals surface area contributed by atoms with Crippen LogP contribution in [0.4, 0.5) is 5.69 Å². The van der Waals surface area contributed by atoms with Gasteiger partial charge >= 0.3 is 0 Å². The summed E-state index contributed by atoms with van der Waals surface area (Å²) in [5.41, 5.74) is 7.72. The Labute approximate surface area is 105 Å². The van der Waals surface area contributed by atoms with Crippen molar-refractivity contribution >= 4 is 11.6 Å². The second-order valence-electron chi connectivity index (χ2n) is 3.95. The summed E-state index contributed by atoms with van der Waals surface area (Å²) in [4.78, 5) is 13.8. The second kappa shape index (κ2) is 5.35. The highest BCUT2D eigenvalue weighted by atomic mass is 16.5. The van der Waals surface area contributed by atoms with Crippen molar-refractivity contribution in [1.29, 1.82) is 0 Å². The Morgan fingerprint density at radius 2 is 2.28 bits per heavy atom. The molecule has 0 saturated heterocycles. The summed E-state index contributed by atoms with van der Waals surface area (Å²) in [5.74, 6) is -0.145. The summed E-state index contributed by atoms with van der Waals surface area (Å²) in [5, 5.41) is 3.65. The third-order valence-electron chi connectivity index (χ3n) is 2.65. The molecule has 1 aromatic heterocycles. The largest absolute Gasteiger partial charge is 0.399 e. The summed E-state index contributed by atoms with van der Waals surface area (Å²) in [7, 11) is 0. The number of nitrogen functional groups attached to an aromatic ring is 1. The number of nitrogens with zero attached hydrogens (tertiary/aromatic N) is 2. The molecular weight excluding hydrogens is 230 g/mol. The zero-order valence-electron chi connectivity index (χ0n) is 10.2. The van der Waals surface area contributed by atoms with E-state index in [9.17, 15) is 4.79 Å². The lowest BCUT2D eigenvalue weighted by atomic mass is 10.2. The lowest BCUT2D eigenvalue weighted by Crippen LogP contribution is -2.30. The third kappa shape index (κ3) is 2.68. The van der Waals surface area contributed by atoms with Crippen LogP contribution in [0.25, 0.3) is 0 Å². The van der Waals surface area contributed by atoms with Crippen molar-refractivity contribution in [3.63, 3.8) is 0 Å². The van der Waals surface area contributed by atoms with Crippen molar-refractivity contribution in [2.24, 2.45) is 0 Å². The number of amides is 1. The van der Waals surface area contributed by atoms with Crippen LogP contribution < -0.4 is 5.73 Å². The molecule has 1 aromatic carbocycles. The number of carbonyl (C=O) groups excluding carboxylic acids is 1. The molecule has 18 heavy (non-hydrogen) atoms. The van der Waals surface area contributed by atoms with Gasteiger partial charge in [-0.25, -0.2) is 0 Å². The Balaban J connectivity index is 2.12. The normalized spacial score (nSPS) is 10.3. The average molecular weight is 245 g/mol. The molecule has 0 unspecified atom stereocenters. The molecule has 0 saturated carbocycles. The van der Waals surface area contributed by atoms with E-state index in [2.05, 4.69) is 9.68 Å². The highest BCUT2D eigenvalue weighted by Crippen LogP contribution is 2.11. The highest BCUT2D eigenvalue weighted by Gasteiger charge is 2.16. The number of hydrogen-bond donors (Lipinski definition) is 1. The Morgan fingerprint density at radius 1 is 1.44 bits per heavy atom. The first-order chi connectivity index (χ1) is 8.70. The highest BCUT2D eigenvalue weighted by molar-refractivity contribution is 5.92. The van der Waals surface area contributed by atoms with Gasteiger partial charge in [0.2, 0.25) is 0 Å². The van der Waals surface area contributed by atoms with Gasteiger partial charge in [0.05, 0.1) is 0 Å². The number of anilines is 1. The maximum Gasteiger partial charge on any atom is 0.276 e. The molecule has 2 rings (SSSR count). The van der Waals surface area contributed by atoms with Crippen molar-refractivity contribution in [2.45, 2.75) is 13.5 Å². The third-order valence-corrected chi connectivity index (χ3v) is 2.65. The van der Waals surface area contributed by atoms with Crippen LogP contribution in [-0.4, -0.2) is 22.5 Å². The first-order valence-corrected chi connectivity index (χ1v) is 5.74. The minimum absolute atomic E-state index is 0.145. The fourth-order valence-electron chi connectivity index (χ4n) is 1.72. The maximum atomic E-state index is 12.1. The van der Waals surface area contributed by atoms with Crippen LogP contribution in [0.15, 0.2) is 41.1 Å². The van der Waals surface area contributed by atoms with Gasteiger partial charge < -0.3 is 15.2 Å². The summed E-state index contributed by atoms with van der Waals surface area (Å²) in [6.07, 6.45) is 1.39. The van der Waals surface area contributed by atoms with Crippen molar-refractivity contribution in [3.8, 4) is 0 Å². The van der Waals surface area contributed by atoms with Crippen LogP contribution in [-0.2, 0) is 6.54 Å². The van der Waals surface area contributed by atoms with Gasteiger partial charge in [0.25, 0.3) is 5.91 Å². The molecule has 0 fully saturated rings. The minimum atomic E-state index is -0.145. The van der Waals surface area contributed by atoms with Crippen LogP contribution in [0.2, 0.25) is 0 Å². The Kier molecular flexibility index (Phi) is 3.62. The number of aromatic nitrogens is 1. The maximum absolute atomic E-state index is 12.1. The second-order valence-corrected chi connectivity index (χ2v) is 3.95. The van der Waals surface area contributed by atoms with E-state index in [1.54, 1.807) is 11.0 Å². The van der Waals surface area contributed by atoms with E-state index in [-0.39, 0.29) is 5.91 Å². The van der Waals surface area contributed by atoms with E-state index in [0.717, 1.165) is 5.56 Å². The smallest absolute Gasteiger partial charge is 0.276 e. The summed E-state index contributed by atoms with van der Waals surface area (Å²) in [6, 6.07) is 9.05. The van der Waals surface area contributed by atoms with Crippen molar-refractivity contribution in [3.05, 3.63) is 47.9 Å². The van der Waals surface area contributed by atoms with Gasteiger partial charge in [-0.05, 0) is 24.6 Å². The fourth-order valence-corrected chi connectivity index (χ4v) is 1.72. The topological polar surface area (TPSA) is 72.4 Å². The van der Waals surface area contributed by atoms with Gasteiger partial charge in [-0.1, -0.05) is 17.3 Å². The van der Waals surface area contributed by atoms with E-state index in [1.807, 2.05) is 31.2 Å². The average Bonchev–Trinajstić information content (AvgIpc) is 2.89. The van der Waals surface area contributed by atoms with E-state index < -0.39 is 0 Å². The monoisotopic (exact) mass is 245 g/mol. The van der Waals surface area contributed by atoms with Crippen molar-refractivity contribution < 1.29 is 9.32 Å². The van der Waals surface area contributed by atoms with Crippen molar-refractivity contribution in [2.75, 3.05) is 12.3 Å². The van der Waals surface area contributed by atoms with E-state index in [0.29, 0.717) is 24.5 Å². The minimum Gasteiger partial charge on any atom is -0.399 e. The van der Waals surface area contributed by atoms with Crippen LogP contribution in [0.1, 0.15) is 23.0 Å². The predicted molar refractivity (Wildman–Crippen MR) is 67.8 cm³/mol. The zero-order chi connectivity index (χ0) is 13.0. The van der Waals surface area contributed by atoms with Gasteiger partial charge in [0.15, 0.2) is 5.69 Å². The molecule has 2 N–H and O–H groups in total. The van der Waals surface area contributed by atoms with Crippen molar-refractivity contribution in [1.82, 2.24) is 10.1 Å². The molecule has 94 valence electrons. The molecule has 2 aromatic rings. The van der Waals surface area contributed by atoms with Gasteiger partial charge in [-0.15, -0.1) is 0 Å². The van der Waals surface area contributed by atoms with Crippen LogP contribution in [0, 0.1) is 0 Å². The quantitative estimate of drug-likeness (QED) is 0.835. The van der Waals surface area contributed by atoms with Gasteiger partial charge in [0.1, 0.15) is 6.26 Å². The first kappa shape index (κ1) is 12.2. The van der Waals surface area contributed by atoms with E-state index in [4.69, 9.17) is 5.73 Å². The fraction of sp³-hybridized carbons (Fsp3) is 0.231. The summed E-state index contributed by atoms with van der Waals surface area (Å²) < 4.78 is 4.68. The SMILES string of the molecule is CCN(Cc1cccc(N)c1)C(=O)c1ccon1. The van der Waals surface area contributed by atoms with E-state index >= 15 is 0 Å². The molecule has 5 nitrogen and oxygen atoms in total. The Bertz CT molecular complexity index is 523. The first-order valence-electron chi connectivity index (χ1n) is 5.74. The van der Waals surface area contributed by atoms with Gasteiger partial charge in [0, 0.05) is 24.8 Å². The van der Waals surface area contributed by atoms with Crippen LogP contribution in [0.3, 0.4) is 0 Å². The van der Waals surface area contributed by atoms with E-state index in [1.165, 1.54) is 6.26 Å². The van der Waals surface area contributed by atoms with Gasteiger partial charge in [-0.3, -0.25) is 4.79 Å². The Morgan fingerprint density at radius 3 is 2.89 bits per heavy atom. The number of rotatable bonds is 4. The summed E-state index contributed by atoms with van der Waals surface area (Å²) in [6.45, 7) is 3.03. The molecule has 0 aliphatic heterocycles. The molecule has 0 radical (unpaired) electrons. The van der Waals surface area contributed by atoms with Crippen LogP contribution >= 0.6 is 0 Å². The molecule has 0 atom stereocenters. The summed E-state index contributed by atoms with van der Waals surface area (Å²) >= 11 is 0. The molecule has 0 spiro atoms. The standard InChI is InChI=1S/C13H15N3O2/c1-2-16(13(17)12-6-7-18-15-12)9-10-4-3-5-11(14)8-10/h3-8H,2,9,14H2,1H3. The predicted octanol–water partition coefficient (Wildman–Crippen LogP) is 1.92. The lowest BCUT2D eigenvalue weighted by Gasteiger charge is -2.19. The lowest BCUT2D eigenvalue weighted by molar-refractivity contribution is 0.0742. The van der Waals surface area contributed by atoms with Gasteiger partial charge in [-0.2, -0.15) is 0 Å². The molecule has 1 heterocycles. The number of benzene rings is 1. The number of carbonyl (C=O) groups is 1. The molecule has 5 heteroatoms. The molecule has 1 amide bonds. The van der Waals surface area contributed by atoms with Crippen LogP contribution in [0.5, 0.6) is 0 Å². The number of nitrogens with two attached hydrogens (primary N) is 1. The Hall–Kier alpha value is -2.30. The molecule has 0 aliphatic rings. The molecule has 0 aliphatic carbocycles. The zero-order valence-corrected chi connectivity index (χ0v) is 10.2. The molecule has 0 bridgehead atoms.